The van der Waals surface area contributed by atoms with Gasteiger partial charge in [0, 0.05) is 22.6 Å². The summed E-state index contributed by atoms with van der Waals surface area (Å²) in [5.74, 6) is -0.883. The second-order valence-corrected chi connectivity index (χ2v) is 6.87. The number of fused-ring (bicyclic) bond motifs is 1. The average molecular weight is 377 g/mol. The first kappa shape index (κ1) is 16.9. The van der Waals surface area contributed by atoms with Crippen molar-refractivity contribution in [2.75, 3.05) is 5.32 Å². The smallest absolute Gasteiger partial charge is 0.230 e. The van der Waals surface area contributed by atoms with Gasteiger partial charge in [0.1, 0.15) is 17.6 Å². The van der Waals surface area contributed by atoms with Crippen molar-refractivity contribution in [1.29, 1.82) is 5.26 Å². The fourth-order valence-corrected chi connectivity index (χ4v) is 3.71. The van der Waals surface area contributed by atoms with Crippen LogP contribution in [0.3, 0.4) is 0 Å². The third-order valence-electron chi connectivity index (χ3n) is 4.15. The number of phenols is 1. The number of rotatable bonds is 2. The van der Waals surface area contributed by atoms with Crippen LogP contribution in [0.2, 0.25) is 0 Å². The number of carbonyl (C=O) groups is 1. The summed E-state index contributed by atoms with van der Waals surface area (Å²) in [4.78, 5) is 17.5. The number of carbonyl (C=O) groups excluding carboxylic acids is 1. The van der Waals surface area contributed by atoms with Crippen molar-refractivity contribution in [1.82, 2.24) is 0 Å². The van der Waals surface area contributed by atoms with Crippen LogP contribution in [0.1, 0.15) is 16.9 Å². The van der Waals surface area contributed by atoms with Gasteiger partial charge in [-0.2, -0.15) is 5.26 Å². The maximum atomic E-state index is 14.1. The van der Waals surface area contributed by atoms with Gasteiger partial charge in [0.05, 0.1) is 33.9 Å². The molecule has 0 saturated carbocycles. The van der Waals surface area contributed by atoms with E-state index in [2.05, 4.69) is 16.4 Å². The van der Waals surface area contributed by atoms with Crippen LogP contribution in [-0.2, 0) is 4.79 Å². The molecule has 0 fully saturated rings. The zero-order valence-corrected chi connectivity index (χ0v) is 14.7. The highest BCUT2D eigenvalue weighted by molar-refractivity contribution is 7.12. The van der Waals surface area contributed by atoms with Crippen molar-refractivity contribution in [3.05, 3.63) is 64.1 Å². The molecule has 5 nitrogen and oxygen atoms in total. The summed E-state index contributed by atoms with van der Waals surface area (Å²) in [6.45, 7) is 0. The van der Waals surface area contributed by atoms with Gasteiger partial charge in [-0.3, -0.25) is 4.79 Å². The predicted molar refractivity (Wildman–Crippen MR) is 102 cm³/mol. The number of phenolic OH excluding ortho intramolecular Hbond substituents is 1. The molecule has 1 aliphatic heterocycles. The molecule has 1 aromatic heterocycles. The summed E-state index contributed by atoms with van der Waals surface area (Å²) in [6.07, 6.45) is 0.0376. The molecule has 1 amide bonds. The number of thiophene rings is 1. The number of aromatic hydroxyl groups is 1. The summed E-state index contributed by atoms with van der Waals surface area (Å²) in [5.41, 5.74) is 2.28. The molecule has 0 spiro atoms. The monoisotopic (exact) mass is 377 g/mol. The maximum absolute atomic E-state index is 14.1. The van der Waals surface area contributed by atoms with Gasteiger partial charge in [0.15, 0.2) is 0 Å². The molecule has 3 aromatic rings. The van der Waals surface area contributed by atoms with Gasteiger partial charge in [-0.15, -0.1) is 11.3 Å². The van der Waals surface area contributed by atoms with E-state index in [0.717, 1.165) is 0 Å². The van der Waals surface area contributed by atoms with E-state index in [9.17, 15) is 14.3 Å². The minimum atomic E-state index is -0.473. The number of halogens is 1. The van der Waals surface area contributed by atoms with Crippen LogP contribution in [0.4, 0.5) is 15.8 Å². The zero-order valence-electron chi connectivity index (χ0n) is 13.9. The number of anilines is 1. The molecule has 0 radical (unpaired) electrons. The highest BCUT2D eigenvalue weighted by Crippen LogP contribution is 2.40. The Morgan fingerprint density at radius 3 is 2.78 bits per heavy atom. The van der Waals surface area contributed by atoms with Gasteiger partial charge in [0.25, 0.3) is 0 Å². The molecule has 4 rings (SSSR count). The van der Waals surface area contributed by atoms with Crippen LogP contribution < -0.4 is 5.32 Å². The number of aliphatic imine (C=N–C) groups is 1. The highest BCUT2D eigenvalue weighted by Gasteiger charge is 2.21. The molecule has 1 aliphatic rings. The van der Waals surface area contributed by atoms with E-state index in [1.807, 2.05) is 0 Å². The Bertz CT molecular complexity index is 1140. The number of nitrogens with zero attached hydrogens (tertiary/aromatic N) is 2. The minimum Gasteiger partial charge on any atom is -0.507 e. The highest BCUT2D eigenvalue weighted by atomic mass is 32.1. The van der Waals surface area contributed by atoms with E-state index in [4.69, 9.17) is 5.26 Å². The molecule has 0 aliphatic carbocycles. The third kappa shape index (κ3) is 3.18. The van der Waals surface area contributed by atoms with Crippen molar-refractivity contribution in [2.45, 2.75) is 6.42 Å². The number of hydrogen-bond donors (Lipinski definition) is 2. The summed E-state index contributed by atoms with van der Waals surface area (Å²) in [5, 5.41) is 23.8. The summed E-state index contributed by atoms with van der Waals surface area (Å²) in [6, 6.07) is 12.7. The van der Waals surface area contributed by atoms with Gasteiger partial charge in [-0.25, -0.2) is 9.38 Å². The number of nitriles is 1. The first-order valence-electron chi connectivity index (χ1n) is 8.03. The van der Waals surface area contributed by atoms with Gasteiger partial charge < -0.3 is 10.4 Å². The molecule has 0 unspecified atom stereocenters. The van der Waals surface area contributed by atoms with Crippen LogP contribution >= 0.6 is 11.3 Å². The summed E-state index contributed by atoms with van der Waals surface area (Å²) >= 11 is 1.33. The van der Waals surface area contributed by atoms with E-state index in [0.29, 0.717) is 27.5 Å². The average Bonchev–Trinajstić information content (AvgIpc) is 3.07. The zero-order chi connectivity index (χ0) is 19.0. The molecule has 0 atom stereocenters. The van der Waals surface area contributed by atoms with E-state index < -0.39 is 5.82 Å². The van der Waals surface area contributed by atoms with E-state index in [1.165, 1.54) is 29.5 Å². The number of amides is 1. The third-order valence-corrected chi connectivity index (χ3v) is 5.13. The van der Waals surface area contributed by atoms with Gasteiger partial charge in [-0.1, -0.05) is 18.2 Å². The van der Waals surface area contributed by atoms with Crippen LogP contribution in [0.5, 0.6) is 5.75 Å². The quantitative estimate of drug-likeness (QED) is 0.640. The van der Waals surface area contributed by atoms with Crippen LogP contribution in [0.15, 0.2) is 52.8 Å². The second-order valence-electron chi connectivity index (χ2n) is 5.96. The molecule has 0 bridgehead atoms. The van der Waals surface area contributed by atoms with Crippen molar-refractivity contribution in [3.8, 4) is 22.9 Å². The second kappa shape index (κ2) is 6.67. The lowest BCUT2D eigenvalue weighted by Crippen LogP contribution is -2.14. The predicted octanol–water partition coefficient (Wildman–Crippen LogP) is 4.59. The molecular weight excluding hydrogens is 365 g/mol. The van der Waals surface area contributed by atoms with Crippen LogP contribution in [0, 0.1) is 17.1 Å². The Morgan fingerprint density at radius 1 is 1.22 bits per heavy atom. The Labute approximate surface area is 158 Å². The number of hydrogen-bond acceptors (Lipinski definition) is 5. The van der Waals surface area contributed by atoms with Crippen molar-refractivity contribution < 1.29 is 14.3 Å². The summed E-state index contributed by atoms with van der Waals surface area (Å²) in [7, 11) is 0. The van der Waals surface area contributed by atoms with E-state index >= 15 is 0 Å². The lowest BCUT2D eigenvalue weighted by Gasteiger charge is -2.11. The molecule has 132 valence electrons. The topological polar surface area (TPSA) is 85.5 Å². The van der Waals surface area contributed by atoms with Gasteiger partial charge in [-0.05, 0) is 18.2 Å². The largest absolute Gasteiger partial charge is 0.507 e. The lowest BCUT2D eigenvalue weighted by molar-refractivity contribution is -0.115. The Balaban J connectivity index is 1.84. The van der Waals surface area contributed by atoms with E-state index in [1.54, 1.807) is 29.6 Å². The molecule has 2 N–H and O–H groups in total. The first-order chi connectivity index (χ1) is 13.0. The van der Waals surface area contributed by atoms with Crippen LogP contribution in [0.25, 0.3) is 11.1 Å². The Morgan fingerprint density at radius 2 is 2.04 bits per heavy atom. The Kier molecular flexibility index (Phi) is 4.18. The fraction of sp³-hybridized carbons (Fsp3) is 0.0500. The van der Waals surface area contributed by atoms with Gasteiger partial charge >= 0.3 is 0 Å². The van der Waals surface area contributed by atoms with Crippen molar-refractivity contribution in [2.24, 2.45) is 4.99 Å². The first-order valence-corrected chi connectivity index (χ1v) is 8.91. The summed E-state index contributed by atoms with van der Waals surface area (Å²) < 4.78 is 14.1. The van der Waals surface area contributed by atoms with Gasteiger partial charge in [0.2, 0.25) is 5.91 Å². The standard InChI is InChI=1S/C20H12FN3O2S/c21-14-4-2-1-3-12(14)13-6-15-16(7-18(13)25)23-17(8-20(26)24-15)19-5-11(9-22)10-27-19/h1-7,10,25H,8H2,(H,24,26). The minimum absolute atomic E-state index is 0.0376. The Hall–Kier alpha value is -3.50. The molecule has 7 heteroatoms. The molecular formula is C20H12FN3O2S. The van der Waals surface area contributed by atoms with Crippen molar-refractivity contribution in [3.63, 3.8) is 0 Å². The number of benzene rings is 2. The normalized spacial score (nSPS) is 13.2. The van der Waals surface area contributed by atoms with Crippen molar-refractivity contribution >= 4 is 34.3 Å². The van der Waals surface area contributed by atoms with Crippen LogP contribution in [-0.4, -0.2) is 16.7 Å². The molecule has 0 saturated heterocycles. The van der Waals surface area contributed by atoms with E-state index in [-0.39, 0.29) is 29.2 Å². The SMILES string of the molecule is N#Cc1csc(C2=Nc3cc(O)c(-c4ccccc4F)cc3NC(=O)C2)c1. The molecule has 2 aromatic carbocycles. The number of nitrogens with one attached hydrogen (secondary N) is 1. The molecule has 2 heterocycles. The molecule has 27 heavy (non-hydrogen) atoms. The maximum Gasteiger partial charge on any atom is 0.230 e. The lowest BCUT2D eigenvalue weighted by atomic mass is 10.0. The fourth-order valence-electron chi connectivity index (χ4n) is 2.89.